The van der Waals surface area contributed by atoms with E-state index in [4.69, 9.17) is 4.74 Å². The van der Waals surface area contributed by atoms with Gasteiger partial charge < -0.3 is 15.2 Å². The molecule has 2 heterocycles. The van der Waals surface area contributed by atoms with Gasteiger partial charge in [-0.1, -0.05) is 18.2 Å². The summed E-state index contributed by atoms with van der Waals surface area (Å²) in [4.78, 5) is 8.49. The Balaban J connectivity index is 1.95. The summed E-state index contributed by atoms with van der Waals surface area (Å²) in [5, 5.41) is 12.6. The lowest BCUT2D eigenvalue weighted by atomic mass is 10.1. The maximum atomic E-state index is 9.31. The van der Waals surface area contributed by atoms with Gasteiger partial charge in [0.1, 0.15) is 12.1 Å². The Kier molecular flexibility index (Phi) is 3.39. The molecule has 0 bridgehead atoms. The molecule has 1 aliphatic rings. The third-order valence-electron chi connectivity index (χ3n) is 3.19. The van der Waals surface area contributed by atoms with E-state index in [1.807, 2.05) is 24.3 Å². The summed E-state index contributed by atoms with van der Waals surface area (Å²) in [6, 6.07) is 7.41. The van der Waals surface area contributed by atoms with Crippen LogP contribution in [0.5, 0.6) is 11.6 Å². The molecule has 5 nitrogen and oxygen atoms in total. The van der Waals surface area contributed by atoms with Crippen LogP contribution in [0, 0.1) is 0 Å². The zero-order chi connectivity index (χ0) is 13.1. The Bertz CT molecular complexity index is 587. The largest absolute Gasteiger partial charge is 0.438 e. The molecule has 1 aromatic heterocycles. The number of aliphatic hydroxyl groups is 1. The van der Waals surface area contributed by atoms with Crippen molar-refractivity contribution >= 4 is 0 Å². The van der Waals surface area contributed by atoms with Crippen molar-refractivity contribution < 1.29 is 9.84 Å². The second-order valence-corrected chi connectivity index (χ2v) is 4.40. The second-order valence-electron chi connectivity index (χ2n) is 4.40. The first-order valence-electron chi connectivity index (χ1n) is 6.28. The second kappa shape index (κ2) is 5.34. The summed E-state index contributed by atoms with van der Waals surface area (Å²) >= 11 is 0. The highest BCUT2D eigenvalue weighted by Gasteiger charge is 2.17. The fourth-order valence-electron chi connectivity index (χ4n) is 2.17. The first kappa shape index (κ1) is 12.1. The number of ether oxygens (including phenoxy) is 1. The number of fused-ring (bicyclic) bond motifs is 1. The normalized spacial score (nSPS) is 13.9. The average Bonchev–Trinajstić information content (AvgIpc) is 2.48. The Morgan fingerprint density at radius 3 is 3.05 bits per heavy atom. The topological polar surface area (TPSA) is 67.3 Å². The summed E-state index contributed by atoms with van der Waals surface area (Å²) in [6.07, 6.45) is 2.41. The van der Waals surface area contributed by atoms with Crippen LogP contribution < -0.4 is 10.1 Å². The molecule has 0 aliphatic carbocycles. The number of benzene rings is 1. The Hall–Kier alpha value is -1.98. The molecule has 5 heteroatoms. The number of rotatable bonds is 3. The minimum absolute atomic E-state index is 0.0539. The van der Waals surface area contributed by atoms with Crippen LogP contribution in [0.1, 0.15) is 16.8 Å². The predicted octanol–water partition coefficient (Wildman–Crippen LogP) is 1.41. The number of nitrogens with one attached hydrogen (secondary N) is 1. The van der Waals surface area contributed by atoms with Gasteiger partial charge in [-0.3, -0.25) is 0 Å². The monoisotopic (exact) mass is 257 g/mol. The number of para-hydroxylation sites is 1. The maximum Gasteiger partial charge on any atom is 0.227 e. The molecule has 2 aromatic rings. The van der Waals surface area contributed by atoms with Gasteiger partial charge in [0.15, 0.2) is 0 Å². The van der Waals surface area contributed by atoms with Crippen molar-refractivity contribution in [3.8, 4) is 11.6 Å². The third-order valence-corrected chi connectivity index (χ3v) is 3.19. The van der Waals surface area contributed by atoms with Crippen LogP contribution in [-0.4, -0.2) is 21.6 Å². The Morgan fingerprint density at radius 1 is 1.26 bits per heavy atom. The van der Waals surface area contributed by atoms with E-state index in [0.29, 0.717) is 18.2 Å². The van der Waals surface area contributed by atoms with E-state index in [9.17, 15) is 5.11 Å². The lowest BCUT2D eigenvalue weighted by Crippen LogP contribution is -2.25. The fourth-order valence-corrected chi connectivity index (χ4v) is 2.17. The maximum absolute atomic E-state index is 9.31. The SMILES string of the molecule is OCc1ccccc1Oc1ncnc2c1CNCC2. The molecule has 1 aromatic carbocycles. The molecule has 0 spiro atoms. The number of hydrogen-bond donors (Lipinski definition) is 2. The van der Waals surface area contributed by atoms with E-state index in [1.54, 1.807) is 0 Å². The third kappa shape index (κ3) is 2.43. The van der Waals surface area contributed by atoms with Gasteiger partial charge in [-0.25, -0.2) is 9.97 Å². The minimum Gasteiger partial charge on any atom is -0.438 e. The highest BCUT2D eigenvalue weighted by Crippen LogP contribution is 2.28. The van der Waals surface area contributed by atoms with Gasteiger partial charge in [-0.15, -0.1) is 0 Å². The zero-order valence-corrected chi connectivity index (χ0v) is 10.5. The quantitative estimate of drug-likeness (QED) is 0.870. The molecular formula is C14H15N3O2. The molecule has 2 N–H and O–H groups in total. The van der Waals surface area contributed by atoms with Gasteiger partial charge in [0, 0.05) is 25.1 Å². The minimum atomic E-state index is -0.0539. The van der Waals surface area contributed by atoms with Gasteiger partial charge in [0.2, 0.25) is 5.88 Å². The molecule has 0 unspecified atom stereocenters. The first-order chi connectivity index (χ1) is 9.38. The molecule has 0 atom stereocenters. The van der Waals surface area contributed by atoms with Crippen LogP contribution in [0.4, 0.5) is 0 Å². The van der Waals surface area contributed by atoms with Gasteiger partial charge in [0.05, 0.1) is 17.9 Å². The van der Waals surface area contributed by atoms with Crippen LogP contribution in [0.25, 0.3) is 0 Å². The van der Waals surface area contributed by atoms with Crippen LogP contribution in [0.15, 0.2) is 30.6 Å². The summed E-state index contributed by atoms with van der Waals surface area (Å²) < 4.78 is 5.85. The molecule has 3 rings (SSSR count). The van der Waals surface area contributed by atoms with E-state index in [1.165, 1.54) is 6.33 Å². The first-order valence-corrected chi connectivity index (χ1v) is 6.28. The standard InChI is InChI=1S/C14H15N3O2/c18-8-10-3-1-2-4-13(10)19-14-11-7-15-6-5-12(11)16-9-17-14/h1-4,9,15,18H,5-8H2. The Labute approximate surface area is 111 Å². The van der Waals surface area contributed by atoms with Crippen molar-refractivity contribution in [3.05, 3.63) is 47.4 Å². The number of nitrogens with zero attached hydrogens (tertiary/aromatic N) is 2. The summed E-state index contributed by atoms with van der Waals surface area (Å²) in [6.45, 7) is 1.59. The summed E-state index contributed by atoms with van der Waals surface area (Å²) in [5.74, 6) is 1.20. The molecule has 0 saturated heterocycles. The molecule has 1 aliphatic heterocycles. The van der Waals surface area contributed by atoms with E-state index in [-0.39, 0.29) is 6.61 Å². The number of aliphatic hydroxyl groups excluding tert-OH is 1. The molecule has 0 saturated carbocycles. The average molecular weight is 257 g/mol. The molecule has 0 fully saturated rings. The molecule has 98 valence electrons. The molecule has 0 amide bonds. The van der Waals surface area contributed by atoms with E-state index < -0.39 is 0 Å². The fraction of sp³-hybridized carbons (Fsp3) is 0.286. The van der Waals surface area contributed by atoms with Crippen LogP contribution in [0.2, 0.25) is 0 Å². The molecular weight excluding hydrogens is 242 g/mol. The van der Waals surface area contributed by atoms with Crippen molar-refractivity contribution in [2.24, 2.45) is 0 Å². The zero-order valence-electron chi connectivity index (χ0n) is 10.5. The van der Waals surface area contributed by atoms with E-state index in [0.717, 1.165) is 29.8 Å². The predicted molar refractivity (Wildman–Crippen MR) is 69.9 cm³/mol. The van der Waals surface area contributed by atoms with E-state index in [2.05, 4.69) is 15.3 Å². The van der Waals surface area contributed by atoms with Crippen molar-refractivity contribution in [2.45, 2.75) is 19.6 Å². The van der Waals surface area contributed by atoms with Crippen LogP contribution in [-0.2, 0) is 19.6 Å². The van der Waals surface area contributed by atoms with Gasteiger partial charge in [0.25, 0.3) is 0 Å². The van der Waals surface area contributed by atoms with Crippen molar-refractivity contribution in [1.29, 1.82) is 0 Å². The lowest BCUT2D eigenvalue weighted by Gasteiger charge is -2.18. The summed E-state index contributed by atoms with van der Waals surface area (Å²) in [5.41, 5.74) is 2.78. The van der Waals surface area contributed by atoms with Crippen molar-refractivity contribution in [3.63, 3.8) is 0 Å². The summed E-state index contributed by atoms with van der Waals surface area (Å²) in [7, 11) is 0. The van der Waals surface area contributed by atoms with E-state index >= 15 is 0 Å². The molecule has 19 heavy (non-hydrogen) atoms. The smallest absolute Gasteiger partial charge is 0.227 e. The number of aromatic nitrogens is 2. The van der Waals surface area contributed by atoms with Crippen LogP contribution >= 0.6 is 0 Å². The van der Waals surface area contributed by atoms with Gasteiger partial charge in [-0.2, -0.15) is 0 Å². The van der Waals surface area contributed by atoms with Crippen LogP contribution in [0.3, 0.4) is 0 Å². The molecule has 0 radical (unpaired) electrons. The van der Waals surface area contributed by atoms with Gasteiger partial charge in [-0.05, 0) is 6.07 Å². The Morgan fingerprint density at radius 2 is 2.16 bits per heavy atom. The highest BCUT2D eigenvalue weighted by molar-refractivity contribution is 5.39. The lowest BCUT2D eigenvalue weighted by molar-refractivity contribution is 0.276. The highest BCUT2D eigenvalue weighted by atomic mass is 16.5. The number of hydrogen-bond acceptors (Lipinski definition) is 5. The van der Waals surface area contributed by atoms with Crippen molar-refractivity contribution in [2.75, 3.05) is 6.54 Å². The van der Waals surface area contributed by atoms with Gasteiger partial charge >= 0.3 is 0 Å². The van der Waals surface area contributed by atoms with Crippen molar-refractivity contribution in [1.82, 2.24) is 15.3 Å².